The minimum absolute atomic E-state index is 0.103. The summed E-state index contributed by atoms with van der Waals surface area (Å²) in [7, 11) is 1.55. The molecule has 0 aromatic heterocycles. The van der Waals surface area contributed by atoms with E-state index in [4.69, 9.17) is 4.74 Å². The first kappa shape index (κ1) is 24.6. The van der Waals surface area contributed by atoms with Crippen LogP contribution in [0.3, 0.4) is 0 Å². The molecule has 0 saturated carbocycles. The fourth-order valence-electron chi connectivity index (χ4n) is 4.63. The summed E-state index contributed by atoms with van der Waals surface area (Å²) >= 11 is 0. The van der Waals surface area contributed by atoms with Crippen LogP contribution in [0.4, 0.5) is 0 Å². The number of hydrogen-bond donors (Lipinski definition) is 1. The fourth-order valence-corrected chi connectivity index (χ4v) is 4.63. The van der Waals surface area contributed by atoms with Gasteiger partial charge in [-0.3, -0.25) is 19.2 Å². The third-order valence-corrected chi connectivity index (χ3v) is 6.61. The highest BCUT2D eigenvalue weighted by Gasteiger charge is 2.39. The SMILES string of the molecule is CN(C(=O)C(=O)C(Cc1ccccc1)NC(=O)[C@@H]1CCC(=O)N1Cc1ccccc1)[C@H]1CCCO1. The lowest BCUT2D eigenvalue weighted by Gasteiger charge is -2.28. The van der Waals surface area contributed by atoms with E-state index in [1.807, 2.05) is 60.7 Å². The molecule has 2 aliphatic rings. The van der Waals surface area contributed by atoms with Gasteiger partial charge in [0, 0.05) is 33.0 Å². The maximum absolute atomic E-state index is 13.3. The summed E-state index contributed by atoms with van der Waals surface area (Å²) in [6.45, 7) is 0.864. The molecule has 2 fully saturated rings. The number of carbonyl (C=O) groups is 4. The Bertz CT molecular complexity index is 1050. The number of Topliss-reactive ketones (excluding diaryl/α,β-unsaturated/α-hetero) is 1. The Morgan fingerprint density at radius 3 is 2.31 bits per heavy atom. The number of amides is 3. The van der Waals surface area contributed by atoms with Crippen LogP contribution in [0.15, 0.2) is 60.7 Å². The standard InChI is InChI=1S/C27H31N3O5/c1-29(24-13-8-16-35-24)27(34)25(32)21(17-19-9-4-2-5-10-19)28-26(33)22-14-15-23(31)30(22)18-20-11-6-3-7-12-20/h2-7,9-12,21-22,24H,8,13-18H2,1H3,(H,28,33)/t21?,22-,24+/m0/s1. The van der Waals surface area contributed by atoms with Crippen LogP contribution in [-0.2, 0) is 36.9 Å². The topological polar surface area (TPSA) is 96.0 Å². The Balaban J connectivity index is 1.50. The minimum Gasteiger partial charge on any atom is -0.358 e. The van der Waals surface area contributed by atoms with Gasteiger partial charge in [-0.15, -0.1) is 0 Å². The number of nitrogens with zero attached hydrogens (tertiary/aromatic N) is 2. The van der Waals surface area contributed by atoms with Crippen molar-refractivity contribution in [3.05, 3.63) is 71.8 Å². The van der Waals surface area contributed by atoms with E-state index in [-0.39, 0.29) is 18.7 Å². The molecule has 3 amide bonds. The van der Waals surface area contributed by atoms with Gasteiger partial charge in [-0.05, 0) is 30.4 Å². The first-order chi connectivity index (χ1) is 16.9. The molecule has 0 radical (unpaired) electrons. The predicted octanol–water partition coefficient (Wildman–Crippen LogP) is 2.07. The van der Waals surface area contributed by atoms with E-state index in [2.05, 4.69) is 5.32 Å². The Hall–Kier alpha value is -3.52. The number of rotatable bonds is 9. The van der Waals surface area contributed by atoms with Crippen LogP contribution in [0.2, 0.25) is 0 Å². The van der Waals surface area contributed by atoms with E-state index < -0.39 is 35.9 Å². The smallest absolute Gasteiger partial charge is 0.293 e. The van der Waals surface area contributed by atoms with E-state index in [1.165, 1.54) is 4.90 Å². The third-order valence-electron chi connectivity index (χ3n) is 6.61. The van der Waals surface area contributed by atoms with Gasteiger partial charge in [0.25, 0.3) is 5.91 Å². The van der Waals surface area contributed by atoms with Gasteiger partial charge in [0.05, 0.1) is 0 Å². The van der Waals surface area contributed by atoms with Crippen molar-refractivity contribution in [2.45, 2.75) is 57.0 Å². The Morgan fingerprint density at radius 2 is 1.69 bits per heavy atom. The van der Waals surface area contributed by atoms with Crippen LogP contribution in [0, 0.1) is 0 Å². The van der Waals surface area contributed by atoms with Crippen molar-refractivity contribution in [3.63, 3.8) is 0 Å². The number of hydrogen-bond acceptors (Lipinski definition) is 5. The van der Waals surface area contributed by atoms with Crippen molar-refractivity contribution in [2.24, 2.45) is 0 Å². The van der Waals surface area contributed by atoms with E-state index in [0.29, 0.717) is 26.0 Å². The fraction of sp³-hybridized carbons (Fsp3) is 0.407. The number of ketones is 1. The van der Waals surface area contributed by atoms with Crippen molar-refractivity contribution in [1.29, 1.82) is 0 Å². The molecule has 8 nitrogen and oxygen atoms in total. The molecule has 2 heterocycles. The zero-order chi connectivity index (χ0) is 24.8. The van der Waals surface area contributed by atoms with Crippen LogP contribution in [0.25, 0.3) is 0 Å². The first-order valence-electron chi connectivity index (χ1n) is 12.0. The van der Waals surface area contributed by atoms with Crippen LogP contribution in [-0.4, -0.2) is 65.3 Å². The molecular formula is C27H31N3O5. The summed E-state index contributed by atoms with van der Waals surface area (Å²) < 4.78 is 5.55. The zero-order valence-electron chi connectivity index (χ0n) is 19.9. The van der Waals surface area contributed by atoms with Crippen molar-refractivity contribution >= 4 is 23.5 Å². The van der Waals surface area contributed by atoms with E-state index >= 15 is 0 Å². The molecule has 1 N–H and O–H groups in total. The van der Waals surface area contributed by atoms with Crippen LogP contribution < -0.4 is 5.32 Å². The largest absolute Gasteiger partial charge is 0.358 e. The Labute approximate surface area is 205 Å². The summed E-state index contributed by atoms with van der Waals surface area (Å²) in [6, 6.07) is 17.0. The molecule has 1 unspecified atom stereocenters. The second-order valence-electron chi connectivity index (χ2n) is 9.06. The van der Waals surface area contributed by atoms with E-state index in [1.54, 1.807) is 11.9 Å². The monoisotopic (exact) mass is 477 g/mol. The highest BCUT2D eigenvalue weighted by Crippen LogP contribution is 2.22. The lowest BCUT2D eigenvalue weighted by molar-refractivity contribution is -0.152. The van der Waals surface area contributed by atoms with E-state index in [9.17, 15) is 19.2 Å². The molecule has 4 rings (SSSR count). The second kappa shape index (κ2) is 11.3. The van der Waals surface area contributed by atoms with E-state index in [0.717, 1.165) is 17.5 Å². The highest BCUT2D eigenvalue weighted by molar-refractivity contribution is 6.38. The molecule has 0 spiro atoms. The van der Waals surface area contributed by atoms with Gasteiger partial charge in [-0.2, -0.15) is 0 Å². The van der Waals surface area contributed by atoms with Gasteiger partial charge in [0.2, 0.25) is 17.6 Å². The first-order valence-corrected chi connectivity index (χ1v) is 12.0. The lowest BCUT2D eigenvalue weighted by atomic mass is 10.0. The molecule has 0 aliphatic carbocycles. The molecule has 3 atom stereocenters. The highest BCUT2D eigenvalue weighted by atomic mass is 16.5. The number of ether oxygens (including phenoxy) is 1. The predicted molar refractivity (Wildman–Crippen MR) is 129 cm³/mol. The molecule has 2 aromatic carbocycles. The summed E-state index contributed by atoms with van der Waals surface area (Å²) in [5.41, 5.74) is 1.74. The molecule has 8 heteroatoms. The molecular weight excluding hydrogens is 446 g/mol. The average Bonchev–Trinajstić information content (AvgIpc) is 3.54. The molecule has 2 aliphatic heterocycles. The van der Waals surface area contributed by atoms with Gasteiger partial charge < -0.3 is 19.9 Å². The van der Waals surface area contributed by atoms with Gasteiger partial charge in [-0.25, -0.2) is 0 Å². The maximum atomic E-state index is 13.3. The van der Waals surface area contributed by atoms with Crippen LogP contribution >= 0.6 is 0 Å². The second-order valence-corrected chi connectivity index (χ2v) is 9.06. The number of benzene rings is 2. The van der Waals surface area contributed by atoms with Gasteiger partial charge in [0.15, 0.2) is 0 Å². The normalized spacial score (nSPS) is 20.5. The van der Waals surface area contributed by atoms with Crippen molar-refractivity contribution in [1.82, 2.24) is 15.1 Å². The van der Waals surface area contributed by atoms with Gasteiger partial charge >= 0.3 is 0 Å². The van der Waals surface area contributed by atoms with Crippen molar-refractivity contribution < 1.29 is 23.9 Å². The maximum Gasteiger partial charge on any atom is 0.293 e. The average molecular weight is 478 g/mol. The minimum atomic E-state index is -1.05. The van der Waals surface area contributed by atoms with Crippen molar-refractivity contribution in [3.8, 4) is 0 Å². The number of likely N-dealkylation sites (tertiary alicyclic amines) is 1. The molecule has 35 heavy (non-hydrogen) atoms. The molecule has 2 aromatic rings. The number of likely N-dealkylation sites (N-methyl/N-ethyl adjacent to an activating group) is 1. The zero-order valence-corrected chi connectivity index (χ0v) is 19.9. The third kappa shape index (κ3) is 5.95. The van der Waals surface area contributed by atoms with Crippen molar-refractivity contribution in [2.75, 3.05) is 13.7 Å². The summed E-state index contributed by atoms with van der Waals surface area (Å²) in [5, 5.41) is 2.80. The number of nitrogens with one attached hydrogen (secondary N) is 1. The molecule has 0 bridgehead atoms. The molecule has 2 saturated heterocycles. The summed E-state index contributed by atoms with van der Waals surface area (Å²) in [6.07, 6.45) is 1.87. The lowest BCUT2D eigenvalue weighted by Crippen LogP contribution is -2.54. The van der Waals surface area contributed by atoms with Crippen LogP contribution in [0.1, 0.15) is 36.8 Å². The van der Waals surface area contributed by atoms with Gasteiger partial charge in [0.1, 0.15) is 18.3 Å². The Morgan fingerprint density at radius 1 is 1.03 bits per heavy atom. The molecule has 184 valence electrons. The van der Waals surface area contributed by atoms with Gasteiger partial charge in [-0.1, -0.05) is 60.7 Å². The van der Waals surface area contributed by atoms with Crippen LogP contribution in [0.5, 0.6) is 0 Å². The summed E-state index contributed by atoms with van der Waals surface area (Å²) in [5.74, 6) is -1.91. The number of carbonyl (C=O) groups excluding carboxylic acids is 4. The summed E-state index contributed by atoms with van der Waals surface area (Å²) in [4.78, 5) is 55.1. The Kier molecular flexibility index (Phi) is 7.92. The quantitative estimate of drug-likeness (QED) is 0.558.